The number of hydrogen-bond acceptors (Lipinski definition) is 5. The average Bonchev–Trinajstić information content (AvgIpc) is 2.98. The van der Waals surface area contributed by atoms with Crippen LogP contribution in [-0.4, -0.2) is 44.4 Å². The molecule has 2 rings (SSSR count). The smallest absolute Gasteiger partial charge is 0.251 e. The van der Waals surface area contributed by atoms with E-state index < -0.39 is 22.0 Å². The minimum absolute atomic E-state index is 0.0104. The molecule has 1 unspecified atom stereocenters. The number of benzene rings is 1. The highest BCUT2D eigenvalue weighted by molar-refractivity contribution is 7.89. The summed E-state index contributed by atoms with van der Waals surface area (Å²) in [5.41, 5.74) is 0.301. The van der Waals surface area contributed by atoms with Crippen molar-refractivity contribution in [3.63, 3.8) is 0 Å². The lowest BCUT2D eigenvalue weighted by atomic mass is 10.2. The first-order chi connectivity index (χ1) is 11.2. The summed E-state index contributed by atoms with van der Waals surface area (Å²) in [7, 11) is -0.653. The van der Waals surface area contributed by atoms with E-state index in [2.05, 4.69) is 5.32 Å². The number of aryl methyl sites for hydroxylation is 1. The van der Waals surface area contributed by atoms with Gasteiger partial charge in [0.2, 0.25) is 10.0 Å². The molecule has 1 heterocycles. The van der Waals surface area contributed by atoms with Crippen molar-refractivity contribution in [3.8, 4) is 0 Å². The molecular formula is C16H20N2O5S. The second kappa shape index (κ2) is 7.16. The fourth-order valence-electron chi connectivity index (χ4n) is 2.01. The Bertz CT molecular complexity index is 809. The van der Waals surface area contributed by atoms with Crippen molar-refractivity contribution in [1.29, 1.82) is 0 Å². The van der Waals surface area contributed by atoms with Crippen LogP contribution in [0.3, 0.4) is 0 Å². The Kier molecular flexibility index (Phi) is 5.43. The first kappa shape index (κ1) is 18.2. The molecule has 1 atom stereocenters. The van der Waals surface area contributed by atoms with E-state index >= 15 is 0 Å². The first-order valence-corrected chi connectivity index (χ1v) is 8.71. The maximum atomic E-state index is 12.1. The second-order valence-electron chi connectivity index (χ2n) is 5.49. The number of amides is 1. The molecule has 1 amide bonds. The van der Waals surface area contributed by atoms with Crippen LogP contribution in [0.1, 0.15) is 28.0 Å². The number of rotatable bonds is 6. The van der Waals surface area contributed by atoms with Crippen LogP contribution in [0, 0.1) is 6.92 Å². The first-order valence-electron chi connectivity index (χ1n) is 7.27. The third kappa shape index (κ3) is 4.02. The molecule has 8 heteroatoms. The molecule has 24 heavy (non-hydrogen) atoms. The van der Waals surface area contributed by atoms with E-state index in [4.69, 9.17) is 4.42 Å². The topological polar surface area (TPSA) is 99.8 Å². The molecular weight excluding hydrogens is 332 g/mol. The molecule has 2 aromatic rings. The van der Waals surface area contributed by atoms with E-state index in [0.717, 1.165) is 4.31 Å². The zero-order chi connectivity index (χ0) is 17.9. The zero-order valence-electron chi connectivity index (χ0n) is 13.7. The fraction of sp³-hybridized carbons (Fsp3) is 0.312. The predicted octanol–water partition coefficient (Wildman–Crippen LogP) is 1.30. The van der Waals surface area contributed by atoms with Gasteiger partial charge in [-0.25, -0.2) is 12.7 Å². The molecule has 2 N–H and O–H groups in total. The van der Waals surface area contributed by atoms with Gasteiger partial charge < -0.3 is 14.8 Å². The lowest BCUT2D eigenvalue weighted by Gasteiger charge is -2.12. The maximum absolute atomic E-state index is 12.1. The Morgan fingerprint density at radius 1 is 1.21 bits per heavy atom. The van der Waals surface area contributed by atoms with Gasteiger partial charge in [-0.05, 0) is 43.3 Å². The Labute approximate surface area is 140 Å². The fourth-order valence-corrected chi connectivity index (χ4v) is 2.92. The molecule has 0 fully saturated rings. The molecule has 1 aromatic carbocycles. The lowest BCUT2D eigenvalue weighted by molar-refractivity contribution is 0.0900. The largest absolute Gasteiger partial charge is 0.464 e. The summed E-state index contributed by atoms with van der Waals surface area (Å²) in [6.45, 7) is 1.75. The van der Waals surface area contributed by atoms with Gasteiger partial charge in [-0.15, -0.1) is 0 Å². The summed E-state index contributed by atoms with van der Waals surface area (Å²) in [5.74, 6) is 0.638. The normalized spacial score (nSPS) is 13.0. The van der Waals surface area contributed by atoms with E-state index in [9.17, 15) is 18.3 Å². The number of hydrogen-bond donors (Lipinski definition) is 2. The number of sulfonamides is 1. The molecule has 0 spiro atoms. The molecule has 0 saturated heterocycles. The van der Waals surface area contributed by atoms with Gasteiger partial charge in [0.15, 0.2) is 0 Å². The van der Waals surface area contributed by atoms with Gasteiger partial charge in [0.1, 0.15) is 17.6 Å². The minimum atomic E-state index is -3.53. The molecule has 0 aliphatic heterocycles. The predicted molar refractivity (Wildman–Crippen MR) is 88.1 cm³/mol. The SMILES string of the molecule is Cc1ccc(C(O)CNC(=O)c2ccc(S(=O)(=O)N(C)C)cc2)o1. The highest BCUT2D eigenvalue weighted by Gasteiger charge is 2.18. The van der Waals surface area contributed by atoms with Crippen LogP contribution in [0.25, 0.3) is 0 Å². The third-order valence-electron chi connectivity index (χ3n) is 3.44. The summed E-state index contributed by atoms with van der Waals surface area (Å²) in [6, 6.07) is 8.97. The summed E-state index contributed by atoms with van der Waals surface area (Å²) in [5, 5.41) is 12.5. The van der Waals surface area contributed by atoms with Crippen LogP contribution in [-0.2, 0) is 10.0 Å². The Morgan fingerprint density at radius 3 is 2.33 bits per heavy atom. The van der Waals surface area contributed by atoms with Gasteiger partial charge in [-0.3, -0.25) is 4.79 Å². The van der Waals surface area contributed by atoms with E-state index in [0.29, 0.717) is 17.1 Å². The number of aliphatic hydroxyl groups is 1. The number of furan rings is 1. The standard InChI is InChI=1S/C16H20N2O5S/c1-11-4-9-15(23-11)14(19)10-17-16(20)12-5-7-13(8-6-12)24(21,22)18(2)3/h4-9,14,19H,10H2,1-3H3,(H,17,20). The highest BCUT2D eigenvalue weighted by atomic mass is 32.2. The van der Waals surface area contributed by atoms with Crippen molar-refractivity contribution >= 4 is 15.9 Å². The zero-order valence-corrected chi connectivity index (χ0v) is 14.5. The highest BCUT2D eigenvalue weighted by Crippen LogP contribution is 2.16. The summed E-state index contributed by atoms with van der Waals surface area (Å²) < 4.78 is 30.3. The monoisotopic (exact) mass is 352 g/mol. The van der Waals surface area contributed by atoms with Crippen LogP contribution in [0.4, 0.5) is 0 Å². The Balaban J connectivity index is 2.00. The van der Waals surface area contributed by atoms with Crippen molar-refractivity contribution in [1.82, 2.24) is 9.62 Å². The third-order valence-corrected chi connectivity index (χ3v) is 5.27. The average molecular weight is 352 g/mol. The van der Waals surface area contributed by atoms with Gasteiger partial charge in [-0.2, -0.15) is 0 Å². The maximum Gasteiger partial charge on any atom is 0.251 e. The Hall–Kier alpha value is -2.16. The molecule has 130 valence electrons. The molecule has 7 nitrogen and oxygen atoms in total. The van der Waals surface area contributed by atoms with Crippen molar-refractivity contribution in [3.05, 3.63) is 53.5 Å². The number of carbonyl (C=O) groups excluding carboxylic acids is 1. The van der Waals surface area contributed by atoms with Crippen LogP contribution in [0.15, 0.2) is 45.7 Å². The van der Waals surface area contributed by atoms with E-state index in [1.807, 2.05) is 0 Å². The molecule has 0 radical (unpaired) electrons. The number of nitrogens with zero attached hydrogens (tertiary/aromatic N) is 1. The van der Waals surface area contributed by atoms with Gasteiger partial charge in [-0.1, -0.05) is 0 Å². The van der Waals surface area contributed by atoms with Crippen LogP contribution < -0.4 is 5.32 Å². The second-order valence-corrected chi connectivity index (χ2v) is 7.64. The lowest BCUT2D eigenvalue weighted by Crippen LogP contribution is -2.28. The Morgan fingerprint density at radius 2 is 1.83 bits per heavy atom. The molecule has 0 saturated carbocycles. The number of carbonyl (C=O) groups is 1. The van der Waals surface area contributed by atoms with Crippen molar-refractivity contribution < 1.29 is 22.7 Å². The van der Waals surface area contributed by atoms with Gasteiger partial charge in [0.25, 0.3) is 5.91 Å². The number of aliphatic hydroxyl groups excluding tert-OH is 1. The summed E-state index contributed by atoms with van der Waals surface area (Å²) >= 11 is 0. The van der Waals surface area contributed by atoms with E-state index in [1.54, 1.807) is 19.1 Å². The van der Waals surface area contributed by atoms with Crippen molar-refractivity contribution in [2.75, 3.05) is 20.6 Å². The molecule has 0 bridgehead atoms. The van der Waals surface area contributed by atoms with Crippen molar-refractivity contribution in [2.45, 2.75) is 17.9 Å². The van der Waals surface area contributed by atoms with E-state index in [-0.39, 0.29) is 11.4 Å². The molecule has 0 aliphatic carbocycles. The van der Waals surface area contributed by atoms with Gasteiger partial charge >= 0.3 is 0 Å². The summed E-state index contributed by atoms with van der Waals surface area (Å²) in [6.07, 6.45) is -0.948. The summed E-state index contributed by atoms with van der Waals surface area (Å²) in [4.78, 5) is 12.2. The van der Waals surface area contributed by atoms with Crippen LogP contribution in [0.2, 0.25) is 0 Å². The van der Waals surface area contributed by atoms with Crippen LogP contribution in [0.5, 0.6) is 0 Å². The van der Waals surface area contributed by atoms with Gasteiger partial charge in [0.05, 0.1) is 11.4 Å². The van der Waals surface area contributed by atoms with Crippen molar-refractivity contribution in [2.24, 2.45) is 0 Å². The molecule has 1 aromatic heterocycles. The molecule has 0 aliphatic rings. The quantitative estimate of drug-likeness (QED) is 0.816. The number of nitrogens with one attached hydrogen (secondary N) is 1. The van der Waals surface area contributed by atoms with Crippen LogP contribution >= 0.6 is 0 Å². The minimum Gasteiger partial charge on any atom is -0.464 e. The van der Waals surface area contributed by atoms with E-state index in [1.165, 1.54) is 38.4 Å². The van der Waals surface area contributed by atoms with Gasteiger partial charge in [0, 0.05) is 19.7 Å².